The molecule has 0 amide bonds. The Morgan fingerprint density at radius 3 is 2.80 bits per heavy atom. The Hall–Kier alpha value is -0.930. The number of aromatic nitrogens is 1. The summed E-state index contributed by atoms with van der Waals surface area (Å²) in [7, 11) is 0. The third-order valence-corrected chi connectivity index (χ3v) is 5.09. The van der Waals surface area contributed by atoms with Gasteiger partial charge in [-0.3, -0.25) is 4.98 Å². The van der Waals surface area contributed by atoms with Gasteiger partial charge < -0.3 is 9.47 Å². The van der Waals surface area contributed by atoms with Crippen LogP contribution in [0.3, 0.4) is 0 Å². The summed E-state index contributed by atoms with van der Waals surface area (Å²) in [4.78, 5) is 4.33. The first-order chi connectivity index (χ1) is 9.50. The monoisotopic (exact) mass is 275 g/mol. The normalized spacial score (nSPS) is 35.8. The number of hydrogen-bond acceptors (Lipinski definition) is 3. The molecule has 2 saturated heterocycles. The maximum atomic E-state index is 6.44. The second kappa shape index (κ2) is 5.12. The summed E-state index contributed by atoms with van der Waals surface area (Å²) in [6.45, 7) is 7.27. The quantitative estimate of drug-likeness (QED) is 0.842. The van der Waals surface area contributed by atoms with Crippen molar-refractivity contribution in [1.29, 1.82) is 0 Å². The summed E-state index contributed by atoms with van der Waals surface area (Å²) in [5, 5.41) is 0. The second-order valence-electron chi connectivity index (χ2n) is 6.95. The summed E-state index contributed by atoms with van der Waals surface area (Å²) < 4.78 is 12.6. The minimum atomic E-state index is -0.148. The van der Waals surface area contributed by atoms with Crippen LogP contribution in [-0.4, -0.2) is 22.3 Å². The first-order valence-corrected chi connectivity index (χ1v) is 7.71. The van der Waals surface area contributed by atoms with Crippen molar-refractivity contribution in [3.05, 3.63) is 30.1 Å². The van der Waals surface area contributed by atoms with Crippen LogP contribution in [-0.2, 0) is 16.1 Å². The van der Waals surface area contributed by atoms with E-state index in [2.05, 4.69) is 25.8 Å². The molecule has 0 spiro atoms. The topological polar surface area (TPSA) is 31.4 Å². The first kappa shape index (κ1) is 14.0. The molecule has 3 unspecified atom stereocenters. The van der Waals surface area contributed by atoms with Crippen molar-refractivity contribution in [2.24, 2.45) is 5.92 Å². The predicted octanol–water partition coefficient (Wildman–Crippen LogP) is 3.72. The highest BCUT2D eigenvalue weighted by Crippen LogP contribution is 2.48. The van der Waals surface area contributed by atoms with E-state index in [-0.39, 0.29) is 17.3 Å². The van der Waals surface area contributed by atoms with E-state index >= 15 is 0 Å². The van der Waals surface area contributed by atoms with Crippen molar-refractivity contribution in [2.75, 3.05) is 0 Å². The Balaban J connectivity index is 1.71. The Labute approximate surface area is 121 Å². The van der Waals surface area contributed by atoms with E-state index in [0.717, 1.165) is 18.5 Å². The molecule has 1 aromatic heterocycles. The minimum Gasteiger partial charge on any atom is -0.369 e. The van der Waals surface area contributed by atoms with E-state index in [9.17, 15) is 0 Å². The van der Waals surface area contributed by atoms with Crippen LogP contribution in [0.15, 0.2) is 24.4 Å². The second-order valence-corrected chi connectivity index (χ2v) is 6.95. The molecule has 4 rings (SSSR count). The first-order valence-electron chi connectivity index (χ1n) is 7.71. The van der Waals surface area contributed by atoms with Crippen LogP contribution in [0.1, 0.15) is 52.1 Å². The van der Waals surface area contributed by atoms with Crippen molar-refractivity contribution < 1.29 is 9.47 Å². The molecule has 3 aliphatic rings. The van der Waals surface area contributed by atoms with Crippen molar-refractivity contribution in [3.63, 3.8) is 0 Å². The molecule has 3 fully saturated rings. The Bertz CT molecular complexity index is 459. The fraction of sp³-hybridized carbons (Fsp3) is 0.706. The van der Waals surface area contributed by atoms with Gasteiger partial charge in [-0.25, -0.2) is 0 Å². The molecule has 1 aliphatic carbocycles. The van der Waals surface area contributed by atoms with E-state index in [4.69, 9.17) is 9.47 Å². The molecule has 2 aliphatic heterocycles. The lowest BCUT2D eigenvalue weighted by Gasteiger charge is -2.47. The highest BCUT2D eigenvalue weighted by atomic mass is 16.6. The van der Waals surface area contributed by atoms with Gasteiger partial charge in [0, 0.05) is 6.20 Å². The number of ether oxygens (including phenoxy) is 2. The van der Waals surface area contributed by atoms with E-state index in [1.54, 1.807) is 0 Å². The molecule has 0 N–H and O–H groups in total. The Morgan fingerprint density at radius 1 is 1.25 bits per heavy atom. The largest absolute Gasteiger partial charge is 0.369 e. The number of hydrogen-bond donors (Lipinski definition) is 0. The molecule has 3 heterocycles. The molecule has 2 bridgehead atoms. The molecule has 0 radical (unpaired) electrons. The zero-order valence-corrected chi connectivity index (χ0v) is 12.8. The molecule has 3 nitrogen and oxygen atoms in total. The summed E-state index contributed by atoms with van der Waals surface area (Å²) >= 11 is 0. The van der Waals surface area contributed by atoms with Gasteiger partial charge in [-0.05, 0) is 64.5 Å². The lowest BCUT2D eigenvalue weighted by Crippen LogP contribution is -2.52. The molecule has 110 valence electrons. The number of rotatable bonds is 3. The maximum Gasteiger partial charge on any atom is 0.0922 e. The summed E-state index contributed by atoms with van der Waals surface area (Å²) in [6, 6.07) is 5.96. The van der Waals surface area contributed by atoms with Gasteiger partial charge in [0.25, 0.3) is 0 Å². The Morgan fingerprint density at radius 2 is 2.10 bits per heavy atom. The van der Waals surface area contributed by atoms with Gasteiger partial charge in [-0.1, -0.05) is 6.07 Å². The highest BCUT2D eigenvalue weighted by Gasteiger charge is 2.51. The van der Waals surface area contributed by atoms with Gasteiger partial charge >= 0.3 is 0 Å². The van der Waals surface area contributed by atoms with Gasteiger partial charge in [0.2, 0.25) is 0 Å². The van der Waals surface area contributed by atoms with E-state index in [1.165, 1.54) is 12.8 Å². The van der Waals surface area contributed by atoms with Crippen LogP contribution in [0.4, 0.5) is 0 Å². The molecular formula is C17H25NO2. The molecular weight excluding hydrogens is 250 g/mol. The molecule has 1 saturated carbocycles. The zero-order chi connectivity index (χ0) is 14.2. The van der Waals surface area contributed by atoms with Crippen LogP contribution >= 0.6 is 0 Å². The van der Waals surface area contributed by atoms with Gasteiger partial charge in [0.1, 0.15) is 0 Å². The zero-order valence-electron chi connectivity index (χ0n) is 12.8. The van der Waals surface area contributed by atoms with Crippen molar-refractivity contribution >= 4 is 0 Å². The third-order valence-electron chi connectivity index (χ3n) is 5.09. The molecule has 3 heteroatoms. The third kappa shape index (κ3) is 2.61. The lowest BCUT2D eigenvalue weighted by atomic mass is 9.80. The van der Waals surface area contributed by atoms with Crippen LogP contribution in [0.5, 0.6) is 0 Å². The van der Waals surface area contributed by atoms with Gasteiger partial charge in [-0.15, -0.1) is 0 Å². The van der Waals surface area contributed by atoms with Crippen molar-refractivity contribution in [3.8, 4) is 0 Å². The minimum absolute atomic E-state index is 0.0178. The van der Waals surface area contributed by atoms with Crippen molar-refractivity contribution in [1.82, 2.24) is 4.98 Å². The van der Waals surface area contributed by atoms with Crippen LogP contribution < -0.4 is 0 Å². The van der Waals surface area contributed by atoms with Gasteiger partial charge in [-0.2, -0.15) is 0 Å². The van der Waals surface area contributed by atoms with Crippen LogP contribution in [0, 0.1) is 5.92 Å². The summed E-state index contributed by atoms with van der Waals surface area (Å²) in [5.74, 6) is 0.666. The number of fused-ring (bicyclic) bond motifs is 4. The fourth-order valence-electron chi connectivity index (χ4n) is 3.85. The van der Waals surface area contributed by atoms with Gasteiger partial charge in [0.15, 0.2) is 0 Å². The maximum absolute atomic E-state index is 6.44. The summed E-state index contributed by atoms with van der Waals surface area (Å²) in [5.41, 5.74) is 0.829. The smallest absolute Gasteiger partial charge is 0.0922 e. The molecule has 0 aromatic carbocycles. The fourth-order valence-corrected chi connectivity index (χ4v) is 3.85. The van der Waals surface area contributed by atoms with Crippen LogP contribution in [0.2, 0.25) is 0 Å². The Kier molecular flexibility index (Phi) is 3.59. The SMILES string of the molecule is CC1(C)OC2(C)CCC1CCC2OCc1ccccn1. The average Bonchev–Trinajstić information content (AvgIpc) is 2.61. The molecule has 1 aromatic rings. The average molecular weight is 275 g/mol. The van der Waals surface area contributed by atoms with Gasteiger partial charge in [0.05, 0.1) is 29.6 Å². The number of pyridine rings is 1. The van der Waals surface area contributed by atoms with E-state index in [0.29, 0.717) is 12.5 Å². The number of nitrogens with zero attached hydrogens (tertiary/aromatic N) is 1. The summed E-state index contributed by atoms with van der Waals surface area (Å²) in [6.07, 6.45) is 6.66. The van der Waals surface area contributed by atoms with E-state index in [1.807, 2.05) is 24.4 Å². The predicted molar refractivity (Wildman–Crippen MR) is 78.3 cm³/mol. The van der Waals surface area contributed by atoms with Crippen LogP contribution in [0.25, 0.3) is 0 Å². The molecule has 3 atom stereocenters. The highest BCUT2D eigenvalue weighted by molar-refractivity contribution is 5.04. The standard InChI is InChI=1S/C17H25NO2/c1-16(2)13-7-8-15(17(3,20-16)10-9-13)19-12-14-6-4-5-11-18-14/h4-6,11,13,15H,7-10,12H2,1-3H3. The lowest BCUT2D eigenvalue weighted by molar-refractivity contribution is -0.223. The molecule has 20 heavy (non-hydrogen) atoms. The van der Waals surface area contributed by atoms with E-state index < -0.39 is 0 Å². The van der Waals surface area contributed by atoms with Crippen molar-refractivity contribution in [2.45, 2.75) is 70.4 Å².